The second kappa shape index (κ2) is 3.68. The highest BCUT2D eigenvalue weighted by molar-refractivity contribution is 4.93. The van der Waals surface area contributed by atoms with E-state index in [0.717, 1.165) is 0 Å². The van der Waals surface area contributed by atoms with E-state index in [2.05, 4.69) is 0 Å². The second-order valence-electron chi connectivity index (χ2n) is 2.84. The summed E-state index contributed by atoms with van der Waals surface area (Å²) in [6, 6.07) is 0. The lowest BCUT2D eigenvalue weighted by atomic mass is 10.0. The topological polar surface area (TPSA) is 79.2 Å². The van der Waals surface area contributed by atoms with Crippen LogP contribution in [-0.2, 0) is 9.47 Å². The number of ether oxygens (including phenoxy) is 2. The molecule has 0 bridgehead atoms. The molecule has 0 aliphatic carbocycles. The highest BCUT2D eigenvalue weighted by Gasteiger charge is 2.48. The number of hydrogen-bond donors (Lipinski definition) is 3. The molecule has 0 aromatic carbocycles. The van der Waals surface area contributed by atoms with Crippen molar-refractivity contribution in [3.8, 4) is 0 Å². The van der Waals surface area contributed by atoms with Gasteiger partial charge < -0.3 is 24.8 Å². The standard InChI is InChI=1S/C7H14O5/c1-2-11-6-5(9)7(10,3-8)4-12-6/h5-6,8-10H,2-4H2,1H3/t5-,6+,7+/m0/s1. The van der Waals surface area contributed by atoms with E-state index in [4.69, 9.17) is 14.6 Å². The van der Waals surface area contributed by atoms with E-state index in [9.17, 15) is 10.2 Å². The third-order valence-electron chi connectivity index (χ3n) is 1.91. The summed E-state index contributed by atoms with van der Waals surface area (Å²) < 4.78 is 9.90. The van der Waals surface area contributed by atoms with Gasteiger partial charge in [-0.2, -0.15) is 0 Å². The maximum atomic E-state index is 9.46. The van der Waals surface area contributed by atoms with E-state index >= 15 is 0 Å². The van der Waals surface area contributed by atoms with E-state index in [-0.39, 0.29) is 6.61 Å². The van der Waals surface area contributed by atoms with Crippen molar-refractivity contribution in [2.45, 2.75) is 24.9 Å². The van der Waals surface area contributed by atoms with Crippen molar-refractivity contribution in [2.75, 3.05) is 19.8 Å². The van der Waals surface area contributed by atoms with Gasteiger partial charge in [0.05, 0.1) is 13.2 Å². The summed E-state index contributed by atoms with van der Waals surface area (Å²) in [6.45, 7) is 1.52. The van der Waals surface area contributed by atoms with Crippen LogP contribution in [0.3, 0.4) is 0 Å². The van der Waals surface area contributed by atoms with Gasteiger partial charge in [0, 0.05) is 6.61 Å². The van der Waals surface area contributed by atoms with Crippen molar-refractivity contribution in [2.24, 2.45) is 0 Å². The molecule has 1 aliphatic heterocycles. The van der Waals surface area contributed by atoms with Gasteiger partial charge in [0.1, 0.15) is 11.7 Å². The Bertz CT molecular complexity index is 151. The minimum absolute atomic E-state index is 0.102. The molecule has 0 unspecified atom stereocenters. The fourth-order valence-electron chi connectivity index (χ4n) is 1.10. The molecule has 0 aromatic heterocycles. The zero-order valence-corrected chi connectivity index (χ0v) is 6.93. The molecule has 0 spiro atoms. The number of rotatable bonds is 3. The molecular weight excluding hydrogens is 164 g/mol. The molecule has 1 rings (SSSR count). The Hall–Kier alpha value is -0.200. The summed E-state index contributed by atoms with van der Waals surface area (Å²) in [7, 11) is 0. The van der Waals surface area contributed by atoms with Crippen molar-refractivity contribution in [3.05, 3.63) is 0 Å². The SMILES string of the molecule is CCO[C@@H]1OC[C@](O)(CO)[C@H]1O. The van der Waals surface area contributed by atoms with Gasteiger partial charge in [-0.25, -0.2) is 0 Å². The van der Waals surface area contributed by atoms with Crippen LogP contribution in [0.4, 0.5) is 0 Å². The average molecular weight is 178 g/mol. The third-order valence-corrected chi connectivity index (χ3v) is 1.91. The van der Waals surface area contributed by atoms with Gasteiger partial charge >= 0.3 is 0 Å². The molecular formula is C7H14O5. The van der Waals surface area contributed by atoms with Gasteiger partial charge in [-0.15, -0.1) is 0 Å². The fraction of sp³-hybridized carbons (Fsp3) is 1.00. The molecule has 1 fully saturated rings. The van der Waals surface area contributed by atoms with Crippen LogP contribution < -0.4 is 0 Å². The molecule has 0 aromatic rings. The Labute approximate surface area is 70.5 Å². The second-order valence-corrected chi connectivity index (χ2v) is 2.84. The Morgan fingerprint density at radius 3 is 2.75 bits per heavy atom. The molecule has 0 amide bonds. The van der Waals surface area contributed by atoms with Gasteiger partial charge in [0.25, 0.3) is 0 Å². The van der Waals surface area contributed by atoms with Crippen LogP contribution in [0, 0.1) is 0 Å². The summed E-state index contributed by atoms with van der Waals surface area (Å²) in [5.74, 6) is 0. The first-order chi connectivity index (χ1) is 5.64. The van der Waals surface area contributed by atoms with Gasteiger partial charge in [-0.1, -0.05) is 0 Å². The Morgan fingerprint density at radius 1 is 1.67 bits per heavy atom. The number of aliphatic hydroxyl groups excluding tert-OH is 2. The maximum absolute atomic E-state index is 9.46. The first-order valence-corrected chi connectivity index (χ1v) is 3.88. The lowest BCUT2D eigenvalue weighted by Crippen LogP contribution is -2.47. The molecule has 3 N–H and O–H groups in total. The van der Waals surface area contributed by atoms with Crippen molar-refractivity contribution >= 4 is 0 Å². The Morgan fingerprint density at radius 2 is 2.33 bits per heavy atom. The predicted molar refractivity (Wildman–Crippen MR) is 39.4 cm³/mol. The number of hydrogen-bond acceptors (Lipinski definition) is 5. The summed E-state index contributed by atoms with van der Waals surface area (Å²) in [4.78, 5) is 0. The van der Waals surface area contributed by atoms with E-state index in [1.807, 2.05) is 0 Å². The van der Waals surface area contributed by atoms with Gasteiger partial charge in [0.15, 0.2) is 6.29 Å². The zero-order valence-electron chi connectivity index (χ0n) is 6.93. The minimum Gasteiger partial charge on any atom is -0.393 e. The lowest BCUT2D eigenvalue weighted by molar-refractivity contribution is -0.158. The van der Waals surface area contributed by atoms with Crippen molar-refractivity contribution in [1.82, 2.24) is 0 Å². The molecule has 72 valence electrons. The van der Waals surface area contributed by atoms with E-state index < -0.39 is 24.6 Å². The number of aliphatic hydroxyl groups is 3. The highest BCUT2D eigenvalue weighted by Crippen LogP contribution is 2.24. The van der Waals surface area contributed by atoms with Crippen LogP contribution in [0.5, 0.6) is 0 Å². The van der Waals surface area contributed by atoms with E-state index in [1.54, 1.807) is 6.92 Å². The van der Waals surface area contributed by atoms with Crippen LogP contribution in [0.15, 0.2) is 0 Å². The molecule has 0 saturated carbocycles. The van der Waals surface area contributed by atoms with Crippen LogP contribution in [0.25, 0.3) is 0 Å². The van der Waals surface area contributed by atoms with Crippen LogP contribution in [0.2, 0.25) is 0 Å². The first kappa shape index (κ1) is 9.88. The zero-order chi connectivity index (χ0) is 9.19. The van der Waals surface area contributed by atoms with E-state index in [0.29, 0.717) is 6.61 Å². The summed E-state index contributed by atoms with van der Waals surface area (Å²) >= 11 is 0. The largest absolute Gasteiger partial charge is 0.393 e. The lowest BCUT2D eigenvalue weighted by Gasteiger charge is -2.23. The van der Waals surface area contributed by atoms with Crippen molar-refractivity contribution in [1.29, 1.82) is 0 Å². The normalized spacial score (nSPS) is 42.0. The molecule has 1 aliphatic rings. The van der Waals surface area contributed by atoms with E-state index in [1.165, 1.54) is 0 Å². The maximum Gasteiger partial charge on any atom is 0.186 e. The van der Waals surface area contributed by atoms with Crippen molar-refractivity contribution < 1.29 is 24.8 Å². The summed E-state index contributed by atoms with van der Waals surface area (Å²) in [5, 5.41) is 27.6. The van der Waals surface area contributed by atoms with Crippen LogP contribution in [0.1, 0.15) is 6.92 Å². The Kier molecular flexibility index (Phi) is 3.03. The monoisotopic (exact) mass is 178 g/mol. The molecule has 12 heavy (non-hydrogen) atoms. The fourth-order valence-corrected chi connectivity index (χ4v) is 1.10. The summed E-state index contributed by atoms with van der Waals surface area (Å²) in [5.41, 5.74) is -1.57. The van der Waals surface area contributed by atoms with Crippen LogP contribution >= 0.6 is 0 Å². The molecule has 5 nitrogen and oxygen atoms in total. The third kappa shape index (κ3) is 1.60. The molecule has 1 heterocycles. The molecule has 3 atom stereocenters. The quantitative estimate of drug-likeness (QED) is 0.488. The van der Waals surface area contributed by atoms with Crippen LogP contribution in [-0.4, -0.2) is 53.1 Å². The Balaban J connectivity index is 2.54. The molecule has 1 saturated heterocycles. The minimum atomic E-state index is -1.57. The van der Waals surface area contributed by atoms with Gasteiger partial charge in [-0.05, 0) is 6.92 Å². The van der Waals surface area contributed by atoms with Gasteiger partial charge in [-0.3, -0.25) is 0 Å². The molecule has 5 heteroatoms. The highest BCUT2D eigenvalue weighted by atomic mass is 16.7. The first-order valence-electron chi connectivity index (χ1n) is 3.88. The predicted octanol–water partition coefficient (Wildman–Crippen LogP) is -1.54. The smallest absolute Gasteiger partial charge is 0.186 e. The van der Waals surface area contributed by atoms with Crippen molar-refractivity contribution in [3.63, 3.8) is 0 Å². The molecule has 0 radical (unpaired) electrons. The summed E-state index contributed by atoms with van der Waals surface area (Å²) in [6.07, 6.45) is -2.01. The van der Waals surface area contributed by atoms with Gasteiger partial charge in [0.2, 0.25) is 0 Å². The average Bonchev–Trinajstić information content (AvgIpc) is 2.35.